The summed E-state index contributed by atoms with van der Waals surface area (Å²) in [6.07, 6.45) is 3.19. The van der Waals surface area contributed by atoms with E-state index in [1.807, 2.05) is 60.5 Å². The van der Waals surface area contributed by atoms with Gasteiger partial charge in [0.05, 0.1) is 24.0 Å². The highest BCUT2D eigenvalue weighted by Gasteiger charge is 2.29. The molecule has 3 heterocycles. The van der Waals surface area contributed by atoms with E-state index >= 15 is 0 Å². The molecule has 6 rings (SSSR count). The summed E-state index contributed by atoms with van der Waals surface area (Å²) >= 11 is 0. The first-order valence-electron chi connectivity index (χ1n) is 13.8. The summed E-state index contributed by atoms with van der Waals surface area (Å²) < 4.78 is 16.9. The van der Waals surface area contributed by atoms with E-state index in [2.05, 4.69) is 20.5 Å². The third-order valence-corrected chi connectivity index (χ3v) is 7.77. The summed E-state index contributed by atoms with van der Waals surface area (Å²) in [5.74, 6) is 0.684. The Hall–Kier alpha value is -4.79. The van der Waals surface area contributed by atoms with Crippen LogP contribution in [0.15, 0.2) is 95.9 Å². The van der Waals surface area contributed by atoms with Crippen LogP contribution >= 0.6 is 0 Å². The monoisotopic (exact) mass is 550 g/mol. The smallest absolute Gasteiger partial charge is 0.261 e. The number of hydrogen-bond donors (Lipinski definition) is 0. The molecule has 208 valence electrons. The molecule has 0 radical (unpaired) electrons. The van der Waals surface area contributed by atoms with Crippen LogP contribution in [0.2, 0.25) is 0 Å². The standard InChI is InChI=1S/C32H31FN6O2/c1-36(31-34-18-15-29(40)39(31)30(41)21-23-7-3-2-4-8-23)26-16-19-37(20-17-26)32-35-27-9-5-6-10-28(27)38(32)22-24-11-13-25(33)14-12-24/h2-15,18,26H,16-17,19-22H2,1H3. The predicted molar refractivity (Wildman–Crippen MR) is 158 cm³/mol. The molecule has 3 aromatic carbocycles. The van der Waals surface area contributed by atoms with Crippen LogP contribution < -0.4 is 15.4 Å². The quantitative estimate of drug-likeness (QED) is 0.291. The van der Waals surface area contributed by atoms with E-state index in [9.17, 15) is 14.0 Å². The maximum atomic E-state index is 13.5. The van der Waals surface area contributed by atoms with Crippen LogP contribution in [0, 0.1) is 5.82 Å². The van der Waals surface area contributed by atoms with Crippen molar-refractivity contribution in [3.8, 4) is 0 Å². The molecule has 5 aromatic rings. The van der Waals surface area contributed by atoms with Crippen molar-refractivity contribution >= 4 is 28.8 Å². The highest BCUT2D eigenvalue weighted by Crippen LogP contribution is 2.28. The fraction of sp³-hybridized carbons (Fsp3) is 0.250. The Morgan fingerprint density at radius 3 is 2.39 bits per heavy atom. The van der Waals surface area contributed by atoms with Gasteiger partial charge in [-0.1, -0.05) is 54.6 Å². The van der Waals surface area contributed by atoms with Crippen LogP contribution in [0.1, 0.15) is 28.8 Å². The Labute approximate surface area is 237 Å². The molecule has 41 heavy (non-hydrogen) atoms. The summed E-state index contributed by atoms with van der Waals surface area (Å²) in [5, 5.41) is 0. The van der Waals surface area contributed by atoms with Crippen molar-refractivity contribution in [1.29, 1.82) is 0 Å². The Balaban J connectivity index is 1.21. The number of rotatable bonds is 7. The maximum absolute atomic E-state index is 13.5. The average Bonchev–Trinajstić information content (AvgIpc) is 3.36. The van der Waals surface area contributed by atoms with Gasteiger partial charge in [-0.15, -0.1) is 0 Å². The second kappa shape index (κ2) is 11.4. The summed E-state index contributed by atoms with van der Waals surface area (Å²) in [6, 6.07) is 25.4. The van der Waals surface area contributed by atoms with Crippen molar-refractivity contribution in [2.24, 2.45) is 0 Å². The van der Waals surface area contributed by atoms with E-state index < -0.39 is 0 Å². The fourth-order valence-electron chi connectivity index (χ4n) is 5.58. The number of piperidine rings is 1. The first-order chi connectivity index (χ1) is 20.0. The van der Waals surface area contributed by atoms with Crippen molar-refractivity contribution in [2.75, 3.05) is 29.9 Å². The molecule has 0 saturated carbocycles. The largest absolute Gasteiger partial charge is 0.342 e. The van der Waals surface area contributed by atoms with Gasteiger partial charge in [0.1, 0.15) is 5.82 Å². The van der Waals surface area contributed by atoms with Gasteiger partial charge in [-0.05, 0) is 48.2 Å². The molecule has 0 bridgehead atoms. The zero-order chi connectivity index (χ0) is 28.3. The van der Waals surface area contributed by atoms with Gasteiger partial charge < -0.3 is 14.4 Å². The molecule has 2 aromatic heterocycles. The lowest BCUT2D eigenvalue weighted by Crippen LogP contribution is -2.46. The zero-order valence-electron chi connectivity index (χ0n) is 22.9. The number of benzene rings is 3. The molecule has 1 aliphatic heterocycles. The first-order valence-corrected chi connectivity index (χ1v) is 13.8. The number of hydrogen-bond acceptors (Lipinski definition) is 6. The first kappa shape index (κ1) is 26.4. The number of halogens is 1. The number of para-hydroxylation sites is 2. The summed E-state index contributed by atoms with van der Waals surface area (Å²) in [6.45, 7) is 2.08. The van der Waals surface area contributed by atoms with Gasteiger partial charge in [0.15, 0.2) is 0 Å². The number of imidazole rings is 1. The van der Waals surface area contributed by atoms with Crippen molar-refractivity contribution < 1.29 is 9.18 Å². The molecule has 1 aliphatic rings. The van der Waals surface area contributed by atoms with E-state index in [1.165, 1.54) is 29.0 Å². The topological polar surface area (TPSA) is 76.3 Å². The van der Waals surface area contributed by atoms with Gasteiger partial charge >= 0.3 is 0 Å². The molecule has 0 spiro atoms. The zero-order valence-corrected chi connectivity index (χ0v) is 22.9. The Morgan fingerprint density at radius 2 is 1.63 bits per heavy atom. The van der Waals surface area contributed by atoms with Gasteiger partial charge in [-0.3, -0.25) is 9.59 Å². The molecule has 8 nitrogen and oxygen atoms in total. The van der Waals surface area contributed by atoms with E-state index in [0.717, 1.165) is 54.0 Å². The van der Waals surface area contributed by atoms with Crippen LogP contribution in [0.4, 0.5) is 16.3 Å². The van der Waals surface area contributed by atoms with E-state index in [1.54, 1.807) is 12.1 Å². The maximum Gasteiger partial charge on any atom is 0.261 e. The second-order valence-corrected chi connectivity index (χ2v) is 10.4. The molecule has 0 unspecified atom stereocenters. The highest BCUT2D eigenvalue weighted by atomic mass is 19.1. The molecule has 0 aliphatic carbocycles. The van der Waals surface area contributed by atoms with Crippen molar-refractivity contribution in [3.05, 3.63) is 118 Å². The minimum absolute atomic E-state index is 0.0891. The number of aromatic nitrogens is 4. The van der Waals surface area contributed by atoms with Gasteiger partial charge in [0.25, 0.3) is 5.56 Å². The molecule has 9 heteroatoms. The Bertz CT molecular complexity index is 1720. The molecular weight excluding hydrogens is 519 g/mol. The summed E-state index contributed by atoms with van der Waals surface area (Å²) in [4.78, 5) is 39.7. The lowest BCUT2D eigenvalue weighted by molar-refractivity contribution is 0.0910. The Morgan fingerprint density at radius 1 is 0.927 bits per heavy atom. The third-order valence-electron chi connectivity index (χ3n) is 7.77. The molecule has 0 amide bonds. The SMILES string of the molecule is CN(c1nccc(=O)n1C(=O)Cc1ccccc1)C1CCN(c2nc3ccccc3n2Cc2ccc(F)cc2)CC1. The third kappa shape index (κ3) is 5.48. The second-order valence-electron chi connectivity index (χ2n) is 10.4. The summed E-state index contributed by atoms with van der Waals surface area (Å²) in [5.41, 5.74) is 3.41. The van der Waals surface area contributed by atoms with E-state index in [-0.39, 0.29) is 29.7 Å². The van der Waals surface area contributed by atoms with Crippen molar-refractivity contribution in [2.45, 2.75) is 31.8 Å². The number of carbonyl (C=O) groups excluding carboxylic acids is 1. The average molecular weight is 551 g/mol. The van der Waals surface area contributed by atoms with Gasteiger partial charge in [0.2, 0.25) is 17.8 Å². The lowest BCUT2D eigenvalue weighted by Gasteiger charge is -2.38. The van der Waals surface area contributed by atoms with Crippen LogP contribution in [-0.2, 0) is 13.0 Å². The molecule has 1 saturated heterocycles. The van der Waals surface area contributed by atoms with Gasteiger partial charge in [-0.2, -0.15) is 0 Å². The molecule has 0 atom stereocenters. The minimum Gasteiger partial charge on any atom is -0.342 e. The number of nitrogens with zero attached hydrogens (tertiary/aromatic N) is 6. The van der Waals surface area contributed by atoms with Crippen LogP contribution in [0.3, 0.4) is 0 Å². The highest BCUT2D eigenvalue weighted by molar-refractivity contribution is 5.83. The molecule has 0 N–H and O–H groups in total. The number of fused-ring (bicyclic) bond motifs is 1. The van der Waals surface area contributed by atoms with Gasteiger partial charge in [-0.25, -0.2) is 18.9 Å². The van der Waals surface area contributed by atoms with E-state index in [0.29, 0.717) is 12.5 Å². The van der Waals surface area contributed by atoms with Crippen LogP contribution in [0.25, 0.3) is 11.0 Å². The molecule has 1 fully saturated rings. The number of carbonyl (C=O) groups is 1. The number of anilines is 2. The molecular formula is C32H31FN6O2. The van der Waals surface area contributed by atoms with Crippen LogP contribution in [-0.4, -0.2) is 51.2 Å². The Kier molecular flexibility index (Phi) is 7.33. The van der Waals surface area contributed by atoms with E-state index in [4.69, 9.17) is 4.98 Å². The predicted octanol–water partition coefficient (Wildman–Crippen LogP) is 4.77. The van der Waals surface area contributed by atoms with Gasteiger partial charge in [0, 0.05) is 38.4 Å². The normalized spacial score (nSPS) is 14.0. The van der Waals surface area contributed by atoms with Crippen molar-refractivity contribution in [1.82, 2.24) is 19.1 Å². The van der Waals surface area contributed by atoms with Crippen LogP contribution in [0.5, 0.6) is 0 Å². The fourth-order valence-corrected chi connectivity index (χ4v) is 5.58. The summed E-state index contributed by atoms with van der Waals surface area (Å²) in [7, 11) is 1.90. The lowest BCUT2D eigenvalue weighted by atomic mass is 10.0. The van der Waals surface area contributed by atoms with Crippen molar-refractivity contribution in [3.63, 3.8) is 0 Å². The minimum atomic E-state index is -0.380.